The van der Waals surface area contributed by atoms with Crippen molar-refractivity contribution in [2.75, 3.05) is 54.9 Å². The quantitative estimate of drug-likeness (QED) is 0.106. The second-order valence-electron chi connectivity index (χ2n) is 18.3. The van der Waals surface area contributed by atoms with Crippen LogP contribution in [0.1, 0.15) is 75.0 Å². The van der Waals surface area contributed by atoms with Crippen LogP contribution in [-0.2, 0) is 23.7 Å². The van der Waals surface area contributed by atoms with E-state index in [-0.39, 0.29) is 111 Å². The average molecular weight is 961 g/mol. The highest BCUT2D eigenvalue weighted by Gasteiger charge is 2.51. The number of piperidine rings is 2. The normalized spacial score (nSPS) is 21.4. The molecule has 3 aliphatic heterocycles. The third-order valence-electron chi connectivity index (χ3n) is 13.7. The van der Waals surface area contributed by atoms with Crippen molar-refractivity contribution >= 4 is 68.2 Å². The number of pyridine rings is 1. The molecule has 5 aromatic rings. The number of nitrogens with one attached hydrogen (secondary N) is 2. The fraction of sp³-hybridized carbons (Fsp3) is 0.511. The van der Waals surface area contributed by atoms with E-state index in [4.69, 9.17) is 22.1 Å². The summed E-state index contributed by atoms with van der Waals surface area (Å²) in [4.78, 5) is 48.9. The number of alkyl halides is 4. The lowest BCUT2D eigenvalue weighted by Crippen LogP contribution is -2.53. The van der Waals surface area contributed by atoms with Crippen molar-refractivity contribution in [2.24, 2.45) is 31.7 Å². The van der Waals surface area contributed by atoms with Crippen LogP contribution in [0.5, 0.6) is 5.75 Å². The number of nitrogens with zero attached hydrogens (tertiary/aromatic N) is 7. The minimum absolute atomic E-state index is 0.0000189. The number of rotatable bonds is 12. The number of ether oxygens (including phenoxy) is 1. The average Bonchev–Trinajstić information content (AvgIpc) is 4.07. The highest BCUT2D eigenvalue weighted by Crippen LogP contribution is 2.46. The van der Waals surface area contributed by atoms with Crippen LogP contribution in [0.4, 0.5) is 53.9 Å². The molecular weight excluding hydrogens is 913 g/mol. The Morgan fingerprint density at radius 1 is 1.00 bits per heavy atom. The van der Waals surface area contributed by atoms with Crippen molar-refractivity contribution in [1.82, 2.24) is 29.2 Å². The number of benzene rings is 2. The number of Topliss-reactive ketones (excluding diaryl/α,β-unsaturated/α-hetero) is 1. The van der Waals surface area contributed by atoms with E-state index in [9.17, 15) is 14.4 Å². The second-order valence-corrected chi connectivity index (χ2v) is 18.8. The van der Waals surface area contributed by atoms with Gasteiger partial charge in [0.05, 0.1) is 47.3 Å². The molecule has 1 amide bonds. The number of anilines is 4. The number of ketones is 1. The Morgan fingerprint density at radius 3 is 2.40 bits per heavy atom. The van der Waals surface area contributed by atoms with E-state index in [0.29, 0.717) is 38.8 Å². The van der Waals surface area contributed by atoms with Crippen LogP contribution in [0.3, 0.4) is 0 Å². The summed E-state index contributed by atoms with van der Waals surface area (Å²) >= 11 is 6.45. The monoisotopic (exact) mass is 960 g/mol. The van der Waals surface area contributed by atoms with Crippen LogP contribution in [0.15, 0.2) is 29.2 Å². The Hall–Kier alpha value is -5.70. The third-order valence-corrected chi connectivity index (χ3v) is 14.0. The van der Waals surface area contributed by atoms with Gasteiger partial charge in [-0.25, -0.2) is 35.7 Å². The lowest BCUT2D eigenvalue weighted by Gasteiger charge is -2.41. The molecule has 67 heavy (non-hydrogen) atoms. The molecule has 2 unspecified atom stereocenters. The molecule has 3 atom stereocenters. The highest BCUT2D eigenvalue weighted by molar-refractivity contribution is 6.33. The van der Waals surface area contributed by atoms with Gasteiger partial charge >= 0.3 is 5.92 Å². The van der Waals surface area contributed by atoms with E-state index in [1.165, 1.54) is 42.9 Å². The predicted octanol–water partition coefficient (Wildman–Crippen LogP) is 7.53. The van der Waals surface area contributed by atoms with Crippen LogP contribution in [0.2, 0.25) is 5.02 Å². The molecule has 22 heteroatoms. The number of nitrogens with two attached hydrogens (primary N) is 1. The zero-order valence-electron chi connectivity index (χ0n) is 36.8. The summed E-state index contributed by atoms with van der Waals surface area (Å²) in [6.45, 7) is 0.384. The molecule has 0 spiro atoms. The molecule has 3 aromatic heterocycles. The first-order valence-electron chi connectivity index (χ1n) is 22.1. The summed E-state index contributed by atoms with van der Waals surface area (Å²) < 4.78 is 118. The van der Waals surface area contributed by atoms with Crippen molar-refractivity contribution in [2.45, 2.75) is 81.6 Å². The van der Waals surface area contributed by atoms with E-state index in [2.05, 4.69) is 25.7 Å². The minimum atomic E-state index is -3.29. The topological polar surface area (TPSA) is 166 Å². The molecular formula is C45H48ClF7N10O4. The van der Waals surface area contributed by atoms with E-state index in [0.717, 1.165) is 16.7 Å². The molecule has 4 N–H and O–H groups in total. The Bertz CT molecular complexity index is 2870. The van der Waals surface area contributed by atoms with Gasteiger partial charge in [-0.15, -0.1) is 0 Å². The Kier molecular flexibility index (Phi) is 12.1. The minimum Gasteiger partial charge on any atom is -0.480 e. The van der Waals surface area contributed by atoms with Gasteiger partial charge in [-0.05, 0) is 82.5 Å². The largest absolute Gasteiger partial charge is 0.480 e. The molecule has 2 aromatic carbocycles. The maximum absolute atomic E-state index is 16.2. The number of likely N-dealkylation sites (tertiary alicyclic amines) is 1. The van der Waals surface area contributed by atoms with E-state index >= 15 is 30.7 Å². The number of amides is 1. The summed E-state index contributed by atoms with van der Waals surface area (Å²) in [6.07, 6.45) is 3.05. The number of halogens is 8. The van der Waals surface area contributed by atoms with Crippen LogP contribution in [-0.4, -0.2) is 98.1 Å². The summed E-state index contributed by atoms with van der Waals surface area (Å²) in [5, 5.41) is 10.2. The molecule has 3 fully saturated rings. The predicted molar refractivity (Wildman–Crippen MR) is 236 cm³/mol. The fourth-order valence-electron chi connectivity index (χ4n) is 9.93. The summed E-state index contributed by atoms with van der Waals surface area (Å²) in [5.74, 6) is -13.5. The summed E-state index contributed by atoms with van der Waals surface area (Å²) in [7, 11) is 2.84. The van der Waals surface area contributed by atoms with Crippen LogP contribution in [0, 0.1) is 29.3 Å². The first-order valence-corrected chi connectivity index (χ1v) is 22.5. The zero-order valence-corrected chi connectivity index (χ0v) is 37.5. The van der Waals surface area contributed by atoms with Gasteiger partial charge < -0.3 is 40.3 Å². The van der Waals surface area contributed by atoms with Gasteiger partial charge in [0.25, 0.3) is 11.5 Å². The molecule has 6 heterocycles. The summed E-state index contributed by atoms with van der Waals surface area (Å²) in [6, 6.07) is 2.21. The Morgan fingerprint density at radius 2 is 1.73 bits per heavy atom. The molecule has 358 valence electrons. The van der Waals surface area contributed by atoms with Crippen molar-refractivity contribution in [1.29, 1.82) is 0 Å². The number of fused-ring (bicyclic) bond motifs is 4. The number of aryl methyl sites for hydroxylation is 2. The van der Waals surface area contributed by atoms with Crippen molar-refractivity contribution in [3.05, 3.63) is 68.5 Å². The van der Waals surface area contributed by atoms with E-state index < -0.39 is 77.7 Å². The number of carbonyl (C=O) groups is 2. The fourth-order valence-corrected chi connectivity index (χ4v) is 10.1. The van der Waals surface area contributed by atoms with Crippen molar-refractivity contribution in [3.8, 4) is 5.75 Å². The van der Waals surface area contributed by atoms with Crippen LogP contribution < -0.4 is 31.6 Å². The first-order chi connectivity index (χ1) is 31.7. The van der Waals surface area contributed by atoms with Gasteiger partial charge in [0.2, 0.25) is 17.6 Å². The number of hydrogen-bond donors (Lipinski definition) is 3. The molecule has 14 nitrogen and oxygen atoms in total. The number of carbonyl (C=O) groups excluding carboxylic acids is 2. The van der Waals surface area contributed by atoms with E-state index in [1.807, 2.05) is 4.90 Å². The SMILES string of the molecule is CC(=O)CCC(C(N)=O)c1nn(C)c2c(F)c(C3CCN(C[C@H]4CCN(c5ncc(Cl)c(Nc6cc7c8c(c(=O)n(C)c7cc6F)OCC(F)(F)C(C6CC6)N8)n5)CC4(F)F)CC3)c(F)cc12. The standard InChI is InChI=1S/C45H48ClF7N10O4/c1-21(64)4-7-25(40(54)65)35-27-14-30(48)33(34(49)37(27)61(3)59-35)22-8-11-62(12-9-22)18-24-10-13-63(19-44(24,50)51)43-55-17-28(46)41(58-43)56-31-15-26-32(16-29(31)47)60(2)42(66)38-36(26)57-39(23-5-6-23)45(52,53)20-67-38/h14-17,22-25,39,57H,4-13,18-20H2,1-3H3,(H2,54,65)(H,55,56,58)/t24-,25?,39?/m1/s1. The van der Waals surface area contributed by atoms with Gasteiger partial charge in [0, 0.05) is 61.9 Å². The van der Waals surface area contributed by atoms with Crippen molar-refractivity contribution in [3.63, 3.8) is 0 Å². The first kappa shape index (κ1) is 46.4. The van der Waals surface area contributed by atoms with Gasteiger partial charge in [-0.1, -0.05) is 11.6 Å². The van der Waals surface area contributed by atoms with Crippen LogP contribution in [0.25, 0.3) is 21.8 Å². The number of primary amides is 1. The lowest BCUT2D eigenvalue weighted by molar-refractivity contribution is -0.120. The van der Waals surface area contributed by atoms with Gasteiger partial charge in [0.15, 0.2) is 18.2 Å². The Labute approximate surface area is 384 Å². The second kappa shape index (κ2) is 17.4. The number of hydrogen-bond acceptors (Lipinski definition) is 11. The molecule has 1 aliphatic carbocycles. The molecule has 0 bridgehead atoms. The number of aromatic nitrogens is 5. The summed E-state index contributed by atoms with van der Waals surface area (Å²) in [5.41, 5.74) is 4.75. The molecule has 2 saturated heterocycles. The smallest absolute Gasteiger partial charge is 0.301 e. The third kappa shape index (κ3) is 8.72. The maximum atomic E-state index is 16.2. The highest BCUT2D eigenvalue weighted by atomic mass is 35.5. The zero-order chi connectivity index (χ0) is 47.9. The molecule has 9 rings (SSSR count). The van der Waals surface area contributed by atoms with Gasteiger partial charge in [0.1, 0.15) is 28.0 Å². The van der Waals surface area contributed by atoms with Crippen LogP contribution >= 0.6 is 11.6 Å². The molecule has 0 radical (unpaired) electrons. The van der Waals surface area contributed by atoms with Gasteiger partial charge in [-0.3, -0.25) is 14.3 Å². The maximum Gasteiger partial charge on any atom is 0.301 e. The molecule has 4 aliphatic rings. The molecule has 1 saturated carbocycles. The van der Waals surface area contributed by atoms with Gasteiger partial charge in [-0.2, -0.15) is 10.1 Å². The van der Waals surface area contributed by atoms with Crippen molar-refractivity contribution < 1.29 is 45.1 Å². The van der Waals surface area contributed by atoms with E-state index in [1.54, 1.807) is 0 Å². The Balaban J connectivity index is 0.873. The lowest BCUT2D eigenvalue weighted by atomic mass is 9.86.